The SMILES string of the molecule is CC(C)N(CCC1CNC1)CC(F)(F)F. The number of hydrogen-bond acceptors (Lipinski definition) is 2. The molecule has 1 aliphatic heterocycles. The minimum absolute atomic E-state index is 0.0420. The van der Waals surface area contributed by atoms with Crippen molar-refractivity contribution >= 4 is 0 Å². The molecule has 1 N–H and O–H groups in total. The molecule has 1 rings (SSSR count). The largest absolute Gasteiger partial charge is 0.401 e. The summed E-state index contributed by atoms with van der Waals surface area (Å²) in [6.07, 6.45) is -3.22. The molecule has 0 amide bonds. The van der Waals surface area contributed by atoms with Gasteiger partial charge in [0.15, 0.2) is 0 Å². The maximum atomic E-state index is 12.2. The summed E-state index contributed by atoms with van der Waals surface area (Å²) < 4.78 is 36.7. The van der Waals surface area contributed by atoms with Crippen molar-refractivity contribution in [1.82, 2.24) is 10.2 Å². The number of rotatable bonds is 5. The normalized spacial score (nSPS) is 18.6. The molecule has 0 saturated carbocycles. The van der Waals surface area contributed by atoms with Crippen LogP contribution in [0.3, 0.4) is 0 Å². The molecule has 0 aromatic rings. The van der Waals surface area contributed by atoms with E-state index in [4.69, 9.17) is 0 Å². The van der Waals surface area contributed by atoms with Crippen LogP contribution >= 0.6 is 0 Å². The molecule has 5 heteroatoms. The van der Waals surface area contributed by atoms with Crippen molar-refractivity contribution in [1.29, 1.82) is 0 Å². The summed E-state index contributed by atoms with van der Waals surface area (Å²) in [5.41, 5.74) is 0. The molecule has 15 heavy (non-hydrogen) atoms. The number of halogens is 3. The van der Waals surface area contributed by atoms with Gasteiger partial charge in [0.05, 0.1) is 6.54 Å². The lowest BCUT2D eigenvalue weighted by Crippen LogP contribution is -2.46. The van der Waals surface area contributed by atoms with Gasteiger partial charge in [0.1, 0.15) is 0 Å². The first-order valence-electron chi connectivity index (χ1n) is 5.40. The highest BCUT2D eigenvalue weighted by molar-refractivity contribution is 4.77. The highest BCUT2D eigenvalue weighted by Crippen LogP contribution is 2.19. The van der Waals surface area contributed by atoms with Crippen molar-refractivity contribution in [2.24, 2.45) is 5.92 Å². The lowest BCUT2D eigenvalue weighted by atomic mass is 9.99. The van der Waals surface area contributed by atoms with Crippen LogP contribution in [-0.2, 0) is 0 Å². The Labute approximate surface area is 88.8 Å². The van der Waals surface area contributed by atoms with Crippen LogP contribution in [0.15, 0.2) is 0 Å². The summed E-state index contributed by atoms with van der Waals surface area (Å²) in [6, 6.07) is -0.0420. The highest BCUT2D eigenvalue weighted by atomic mass is 19.4. The standard InChI is InChI=1S/C10H19F3N2/c1-8(2)15(7-10(11,12)13)4-3-9-5-14-6-9/h8-9,14H,3-7H2,1-2H3. The molecule has 0 aromatic carbocycles. The average Bonchev–Trinajstić information content (AvgIpc) is 1.96. The molecule has 0 atom stereocenters. The predicted molar refractivity (Wildman–Crippen MR) is 53.7 cm³/mol. The van der Waals surface area contributed by atoms with Crippen LogP contribution in [0.1, 0.15) is 20.3 Å². The molecule has 0 radical (unpaired) electrons. The molecule has 0 unspecified atom stereocenters. The quantitative estimate of drug-likeness (QED) is 0.767. The Balaban J connectivity index is 2.29. The first-order chi connectivity index (χ1) is 6.88. The third-order valence-corrected chi connectivity index (χ3v) is 2.80. The summed E-state index contributed by atoms with van der Waals surface area (Å²) in [5, 5.41) is 3.12. The zero-order valence-corrected chi connectivity index (χ0v) is 9.27. The van der Waals surface area contributed by atoms with Gasteiger partial charge in [-0.25, -0.2) is 0 Å². The predicted octanol–water partition coefficient (Wildman–Crippen LogP) is 1.87. The van der Waals surface area contributed by atoms with Gasteiger partial charge >= 0.3 is 6.18 Å². The zero-order chi connectivity index (χ0) is 11.5. The molecule has 0 spiro atoms. The number of hydrogen-bond donors (Lipinski definition) is 1. The summed E-state index contributed by atoms with van der Waals surface area (Å²) >= 11 is 0. The minimum Gasteiger partial charge on any atom is -0.316 e. The Morgan fingerprint density at radius 3 is 2.27 bits per heavy atom. The molecular formula is C10H19F3N2. The third kappa shape index (κ3) is 4.84. The molecule has 1 aliphatic rings. The van der Waals surface area contributed by atoms with E-state index in [1.807, 2.05) is 13.8 Å². The van der Waals surface area contributed by atoms with Gasteiger partial charge in [0, 0.05) is 6.04 Å². The molecule has 0 aliphatic carbocycles. The summed E-state index contributed by atoms with van der Waals surface area (Å²) in [5.74, 6) is 0.569. The van der Waals surface area contributed by atoms with E-state index >= 15 is 0 Å². The maximum absolute atomic E-state index is 12.2. The Bertz CT molecular complexity index is 188. The Hall–Kier alpha value is -0.290. The second-order valence-corrected chi connectivity index (χ2v) is 4.49. The summed E-state index contributed by atoms with van der Waals surface area (Å²) in [6.45, 7) is 5.29. The zero-order valence-electron chi connectivity index (χ0n) is 9.27. The van der Waals surface area contributed by atoms with Gasteiger partial charge in [0.25, 0.3) is 0 Å². The summed E-state index contributed by atoms with van der Waals surface area (Å²) in [4.78, 5) is 1.50. The monoisotopic (exact) mass is 224 g/mol. The van der Waals surface area contributed by atoms with E-state index in [9.17, 15) is 13.2 Å². The van der Waals surface area contributed by atoms with Crippen LogP contribution in [-0.4, -0.2) is 43.3 Å². The molecule has 1 saturated heterocycles. The fourth-order valence-corrected chi connectivity index (χ4v) is 1.65. The van der Waals surface area contributed by atoms with Crippen LogP contribution in [0.5, 0.6) is 0 Å². The van der Waals surface area contributed by atoms with Crippen molar-refractivity contribution in [3.8, 4) is 0 Å². The van der Waals surface area contributed by atoms with Crippen molar-refractivity contribution in [3.05, 3.63) is 0 Å². The van der Waals surface area contributed by atoms with Gasteiger partial charge in [-0.1, -0.05) is 0 Å². The van der Waals surface area contributed by atoms with E-state index in [1.165, 1.54) is 4.90 Å². The van der Waals surface area contributed by atoms with Crippen LogP contribution in [0.2, 0.25) is 0 Å². The first kappa shape index (κ1) is 12.8. The van der Waals surface area contributed by atoms with Gasteiger partial charge in [-0.15, -0.1) is 0 Å². The second kappa shape index (κ2) is 5.16. The van der Waals surface area contributed by atoms with E-state index in [-0.39, 0.29) is 6.04 Å². The second-order valence-electron chi connectivity index (χ2n) is 4.49. The molecule has 2 nitrogen and oxygen atoms in total. The fourth-order valence-electron chi connectivity index (χ4n) is 1.65. The number of nitrogens with zero attached hydrogens (tertiary/aromatic N) is 1. The van der Waals surface area contributed by atoms with Gasteiger partial charge in [-0.2, -0.15) is 13.2 Å². The Morgan fingerprint density at radius 1 is 1.33 bits per heavy atom. The van der Waals surface area contributed by atoms with E-state index < -0.39 is 12.7 Å². The number of alkyl halides is 3. The van der Waals surface area contributed by atoms with Crippen LogP contribution < -0.4 is 5.32 Å². The fraction of sp³-hybridized carbons (Fsp3) is 1.00. The van der Waals surface area contributed by atoms with E-state index in [0.717, 1.165) is 19.5 Å². The Morgan fingerprint density at radius 2 is 1.93 bits per heavy atom. The molecule has 1 heterocycles. The van der Waals surface area contributed by atoms with Crippen molar-refractivity contribution in [3.63, 3.8) is 0 Å². The van der Waals surface area contributed by atoms with Crippen LogP contribution in [0, 0.1) is 5.92 Å². The molecule has 90 valence electrons. The van der Waals surface area contributed by atoms with Gasteiger partial charge in [-0.3, -0.25) is 4.90 Å². The maximum Gasteiger partial charge on any atom is 0.401 e. The molecule has 0 bridgehead atoms. The first-order valence-corrected chi connectivity index (χ1v) is 5.40. The highest BCUT2D eigenvalue weighted by Gasteiger charge is 2.32. The lowest BCUT2D eigenvalue weighted by Gasteiger charge is -2.32. The van der Waals surface area contributed by atoms with Crippen molar-refractivity contribution in [2.45, 2.75) is 32.5 Å². The van der Waals surface area contributed by atoms with Crippen molar-refractivity contribution < 1.29 is 13.2 Å². The van der Waals surface area contributed by atoms with E-state index in [2.05, 4.69) is 5.32 Å². The molecular weight excluding hydrogens is 205 g/mol. The molecule has 0 aromatic heterocycles. The Kier molecular flexibility index (Phi) is 4.40. The topological polar surface area (TPSA) is 15.3 Å². The van der Waals surface area contributed by atoms with E-state index in [0.29, 0.717) is 12.5 Å². The lowest BCUT2D eigenvalue weighted by molar-refractivity contribution is -0.150. The van der Waals surface area contributed by atoms with Crippen LogP contribution in [0.4, 0.5) is 13.2 Å². The van der Waals surface area contributed by atoms with Gasteiger partial charge < -0.3 is 5.32 Å². The molecule has 1 fully saturated rings. The van der Waals surface area contributed by atoms with Gasteiger partial charge in [-0.05, 0) is 45.8 Å². The van der Waals surface area contributed by atoms with Gasteiger partial charge in [0.2, 0.25) is 0 Å². The third-order valence-electron chi connectivity index (χ3n) is 2.80. The minimum atomic E-state index is -4.08. The number of nitrogens with one attached hydrogen (secondary N) is 1. The van der Waals surface area contributed by atoms with E-state index in [1.54, 1.807) is 0 Å². The van der Waals surface area contributed by atoms with Crippen molar-refractivity contribution in [2.75, 3.05) is 26.2 Å². The smallest absolute Gasteiger partial charge is 0.316 e. The average molecular weight is 224 g/mol. The van der Waals surface area contributed by atoms with Crippen LogP contribution in [0.25, 0.3) is 0 Å². The summed E-state index contributed by atoms with van der Waals surface area (Å²) in [7, 11) is 0.